The molecule has 1 amide bonds. The molecule has 2 aromatic rings. The molecule has 0 aliphatic carbocycles. The summed E-state index contributed by atoms with van der Waals surface area (Å²) in [7, 11) is 1.69. The predicted molar refractivity (Wildman–Crippen MR) is 102 cm³/mol. The Morgan fingerprint density at radius 1 is 1.00 bits per heavy atom. The number of nitrogens with one attached hydrogen (secondary N) is 1. The van der Waals surface area contributed by atoms with Gasteiger partial charge in [0.25, 0.3) is 5.91 Å². The van der Waals surface area contributed by atoms with Gasteiger partial charge >= 0.3 is 0 Å². The average molecular weight is 375 g/mol. The molecule has 0 bridgehead atoms. The molecule has 7 heteroatoms. The predicted octanol–water partition coefficient (Wildman–Crippen LogP) is 1.80. The minimum absolute atomic E-state index is 0.108. The molecular weight excluding hydrogens is 350 g/mol. The number of benzene rings is 2. The third kappa shape index (κ3) is 5.39. The number of carbonyl (C=O) groups is 1. The first kappa shape index (κ1) is 20.1. The van der Waals surface area contributed by atoms with Gasteiger partial charge < -0.3 is 10.2 Å². The van der Waals surface area contributed by atoms with Crippen LogP contribution < -0.4 is 5.32 Å². The summed E-state index contributed by atoms with van der Waals surface area (Å²) in [5.74, 6) is -0.283. The third-order valence-corrected chi connectivity index (χ3v) is 5.70. The van der Waals surface area contributed by atoms with E-state index in [4.69, 9.17) is 0 Å². The topological polar surface area (TPSA) is 69.7 Å². The minimum atomic E-state index is -3.68. The van der Waals surface area contributed by atoms with Gasteiger partial charge in [-0.3, -0.25) is 4.79 Å². The summed E-state index contributed by atoms with van der Waals surface area (Å²) in [4.78, 5) is 14.3. The monoisotopic (exact) mass is 375 g/mol. The second-order valence-corrected chi connectivity index (χ2v) is 8.38. The molecule has 1 N–H and O–H groups in total. The maximum absolute atomic E-state index is 12.8. The molecule has 140 valence electrons. The molecule has 0 aliphatic rings. The fraction of sp³-hybridized carbons (Fsp3) is 0.316. The van der Waals surface area contributed by atoms with Crippen LogP contribution in [0, 0.1) is 0 Å². The molecule has 0 atom stereocenters. The van der Waals surface area contributed by atoms with Gasteiger partial charge in [0.2, 0.25) is 10.0 Å². The van der Waals surface area contributed by atoms with Crippen LogP contribution in [0.3, 0.4) is 0 Å². The summed E-state index contributed by atoms with van der Waals surface area (Å²) in [6, 6.07) is 15.5. The van der Waals surface area contributed by atoms with Crippen LogP contribution in [0.2, 0.25) is 0 Å². The highest BCUT2D eigenvalue weighted by Crippen LogP contribution is 2.18. The van der Waals surface area contributed by atoms with Crippen molar-refractivity contribution >= 4 is 15.9 Å². The Bertz CT molecular complexity index is 836. The second kappa shape index (κ2) is 8.93. The van der Waals surface area contributed by atoms with Crippen molar-refractivity contribution in [1.82, 2.24) is 14.5 Å². The Morgan fingerprint density at radius 2 is 1.69 bits per heavy atom. The summed E-state index contributed by atoms with van der Waals surface area (Å²) >= 11 is 0. The van der Waals surface area contributed by atoms with Crippen molar-refractivity contribution in [2.24, 2.45) is 0 Å². The molecule has 2 aromatic carbocycles. The maximum Gasteiger partial charge on any atom is 0.251 e. The Morgan fingerprint density at radius 3 is 2.35 bits per heavy atom. The first-order valence-electron chi connectivity index (χ1n) is 8.34. The average Bonchev–Trinajstić information content (AvgIpc) is 2.62. The Balaban J connectivity index is 2.13. The van der Waals surface area contributed by atoms with Crippen LogP contribution in [-0.4, -0.2) is 57.8 Å². The number of hydrogen-bond donors (Lipinski definition) is 1. The molecule has 0 aromatic heterocycles. The van der Waals surface area contributed by atoms with Crippen LogP contribution in [0.15, 0.2) is 59.5 Å². The van der Waals surface area contributed by atoms with Crippen LogP contribution in [0.1, 0.15) is 15.9 Å². The van der Waals surface area contributed by atoms with E-state index in [2.05, 4.69) is 5.32 Å². The highest BCUT2D eigenvalue weighted by atomic mass is 32.2. The van der Waals surface area contributed by atoms with Gasteiger partial charge in [-0.05, 0) is 37.9 Å². The van der Waals surface area contributed by atoms with E-state index >= 15 is 0 Å². The SMILES string of the molecule is CN(C)CCNC(=O)c1cccc(S(=O)(=O)N(C)Cc2ccccc2)c1. The second-order valence-electron chi connectivity index (χ2n) is 6.33. The van der Waals surface area contributed by atoms with Crippen molar-refractivity contribution in [3.63, 3.8) is 0 Å². The molecule has 0 radical (unpaired) electrons. The molecule has 0 heterocycles. The number of hydrogen-bond acceptors (Lipinski definition) is 4. The van der Waals surface area contributed by atoms with Gasteiger partial charge in [-0.25, -0.2) is 8.42 Å². The number of nitrogens with zero attached hydrogens (tertiary/aromatic N) is 2. The number of rotatable bonds is 8. The largest absolute Gasteiger partial charge is 0.351 e. The third-order valence-electron chi connectivity index (χ3n) is 3.90. The highest BCUT2D eigenvalue weighted by molar-refractivity contribution is 7.89. The number of likely N-dealkylation sites (N-methyl/N-ethyl adjacent to an activating group) is 1. The van der Waals surface area contributed by atoms with E-state index < -0.39 is 10.0 Å². The van der Waals surface area contributed by atoms with Gasteiger partial charge in [-0.15, -0.1) is 0 Å². The van der Waals surface area contributed by atoms with Crippen molar-refractivity contribution in [3.05, 3.63) is 65.7 Å². The normalized spacial score (nSPS) is 11.7. The van der Waals surface area contributed by atoms with Crippen LogP contribution in [0.25, 0.3) is 0 Å². The van der Waals surface area contributed by atoms with Crippen molar-refractivity contribution in [3.8, 4) is 0 Å². The highest BCUT2D eigenvalue weighted by Gasteiger charge is 2.22. The molecule has 0 spiro atoms. The molecule has 0 saturated heterocycles. The van der Waals surface area contributed by atoms with E-state index in [1.165, 1.54) is 23.5 Å². The van der Waals surface area contributed by atoms with Gasteiger partial charge in [0.05, 0.1) is 4.90 Å². The molecular formula is C19H25N3O3S. The van der Waals surface area contributed by atoms with E-state index in [1.807, 2.05) is 49.3 Å². The standard InChI is InChI=1S/C19H25N3O3S/c1-21(2)13-12-20-19(23)17-10-7-11-18(14-17)26(24,25)22(3)15-16-8-5-4-6-9-16/h4-11,14H,12-13,15H2,1-3H3,(H,20,23). The van der Waals surface area contributed by atoms with E-state index in [0.717, 1.165) is 5.56 Å². The van der Waals surface area contributed by atoms with Crippen molar-refractivity contribution in [2.75, 3.05) is 34.2 Å². The summed E-state index contributed by atoms with van der Waals surface area (Å²) in [5, 5.41) is 2.79. The van der Waals surface area contributed by atoms with Crippen LogP contribution in [0.4, 0.5) is 0 Å². The fourth-order valence-corrected chi connectivity index (χ4v) is 3.60. The van der Waals surface area contributed by atoms with Crippen molar-refractivity contribution < 1.29 is 13.2 Å². The lowest BCUT2D eigenvalue weighted by atomic mass is 10.2. The van der Waals surface area contributed by atoms with Gasteiger partial charge in [0.1, 0.15) is 0 Å². The smallest absolute Gasteiger partial charge is 0.251 e. The number of carbonyl (C=O) groups excluding carboxylic acids is 1. The first-order chi connectivity index (χ1) is 12.3. The lowest BCUT2D eigenvalue weighted by Gasteiger charge is -2.18. The molecule has 6 nitrogen and oxygen atoms in total. The zero-order valence-electron chi connectivity index (χ0n) is 15.3. The first-order valence-corrected chi connectivity index (χ1v) is 9.78. The Kier molecular flexibility index (Phi) is 6.90. The van der Waals surface area contributed by atoms with Crippen LogP contribution in [0.5, 0.6) is 0 Å². The Hall–Kier alpha value is -2.22. The molecule has 0 saturated carbocycles. The van der Waals surface area contributed by atoms with E-state index in [0.29, 0.717) is 18.7 Å². The van der Waals surface area contributed by atoms with E-state index in [9.17, 15) is 13.2 Å². The van der Waals surface area contributed by atoms with Gasteiger partial charge in [0.15, 0.2) is 0 Å². The molecule has 26 heavy (non-hydrogen) atoms. The lowest BCUT2D eigenvalue weighted by Crippen LogP contribution is -2.31. The fourth-order valence-electron chi connectivity index (χ4n) is 2.40. The summed E-state index contributed by atoms with van der Waals surface area (Å²) in [6.07, 6.45) is 0. The number of amides is 1. The Labute approximate surface area is 155 Å². The maximum atomic E-state index is 12.8. The zero-order valence-corrected chi connectivity index (χ0v) is 16.2. The molecule has 2 rings (SSSR count). The van der Waals surface area contributed by atoms with Crippen LogP contribution >= 0.6 is 0 Å². The van der Waals surface area contributed by atoms with Gasteiger partial charge in [0, 0.05) is 32.2 Å². The quantitative estimate of drug-likeness (QED) is 0.764. The molecule has 0 fully saturated rings. The summed E-state index contributed by atoms with van der Waals surface area (Å²) in [6.45, 7) is 1.47. The molecule has 0 unspecified atom stereocenters. The van der Waals surface area contributed by atoms with Gasteiger partial charge in [-0.2, -0.15) is 4.31 Å². The van der Waals surface area contributed by atoms with Crippen molar-refractivity contribution in [1.29, 1.82) is 0 Å². The van der Waals surface area contributed by atoms with Crippen molar-refractivity contribution in [2.45, 2.75) is 11.4 Å². The minimum Gasteiger partial charge on any atom is -0.351 e. The summed E-state index contributed by atoms with van der Waals surface area (Å²) < 4.78 is 26.9. The lowest BCUT2D eigenvalue weighted by molar-refractivity contribution is 0.0951. The van der Waals surface area contributed by atoms with E-state index in [1.54, 1.807) is 12.1 Å². The van der Waals surface area contributed by atoms with E-state index in [-0.39, 0.29) is 17.3 Å². The summed E-state index contributed by atoms with van der Waals surface area (Å²) in [5.41, 5.74) is 1.23. The zero-order chi connectivity index (χ0) is 19.2. The van der Waals surface area contributed by atoms with Crippen LogP contribution in [-0.2, 0) is 16.6 Å². The van der Waals surface area contributed by atoms with Gasteiger partial charge in [-0.1, -0.05) is 36.4 Å². The number of sulfonamides is 1. The molecule has 0 aliphatic heterocycles.